The summed E-state index contributed by atoms with van der Waals surface area (Å²) in [7, 11) is 3.86. The van der Waals surface area contributed by atoms with Gasteiger partial charge in [-0.3, -0.25) is 9.69 Å². The molecule has 6 heteroatoms. The molecule has 140 valence electrons. The third kappa shape index (κ3) is 4.12. The molecule has 1 heterocycles. The molecule has 1 aliphatic carbocycles. The molecule has 1 fully saturated rings. The maximum atomic E-state index is 12.9. The van der Waals surface area contributed by atoms with Crippen LogP contribution in [0.3, 0.4) is 0 Å². The third-order valence-corrected chi connectivity index (χ3v) is 5.28. The average molecular weight is 355 g/mol. The molecule has 0 bridgehead atoms. The van der Waals surface area contributed by atoms with E-state index in [0.29, 0.717) is 12.6 Å². The molecule has 3 rings (SSSR count). The zero-order valence-corrected chi connectivity index (χ0v) is 16.0. The standard InChI is InChI=1S/C20H29N5O/c1-15-9-7-8-12-17(15)19(24(2)3)20(26)21-13-18-23-22-14-25(18)16-10-5-4-6-11-16/h7-9,12,14,16,19H,4-6,10-11,13H2,1-3H3,(H,21,26)/t19-/m1/s1. The van der Waals surface area contributed by atoms with Gasteiger partial charge in [-0.05, 0) is 45.0 Å². The van der Waals surface area contributed by atoms with Crippen molar-refractivity contribution < 1.29 is 4.79 Å². The molecule has 1 saturated carbocycles. The Morgan fingerprint density at radius 1 is 1.27 bits per heavy atom. The number of aryl methyl sites for hydroxylation is 1. The highest BCUT2D eigenvalue weighted by Crippen LogP contribution is 2.28. The summed E-state index contributed by atoms with van der Waals surface area (Å²) in [5.41, 5.74) is 2.15. The van der Waals surface area contributed by atoms with Crippen LogP contribution in [0, 0.1) is 6.92 Å². The lowest BCUT2D eigenvalue weighted by atomic mass is 9.95. The summed E-state index contributed by atoms with van der Waals surface area (Å²) in [4.78, 5) is 14.9. The van der Waals surface area contributed by atoms with Crippen LogP contribution in [0.25, 0.3) is 0 Å². The summed E-state index contributed by atoms with van der Waals surface area (Å²) in [6.07, 6.45) is 7.97. The second kappa shape index (κ2) is 8.45. The monoisotopic (exact) mass is 355 g/mol. The second-order valence-electron chi connectivity index (χ2n) is 7.39. The molecule has 1 aromatic carbocycles. The van der Waals surface area contributed by atoms with Gasteiger partial charge in [-0.25, -0.2) is 0 Å². The molecule has 26 heavy (non-hydrogen) atoms. The number of benzene rings is 1. The van der Waals surface area contributed by atoms with Crippen LogP contribution >= 0.6 is 0 Å². The quantitative estimate of drug-likeness (QED) is 0.865. The van der Waals surface area contributed by atoms with E-state index in [1.54, 1.807) is 0 Å². The minimum Gasteiger partial charge on any atom is -0.347 e. The van der Waals surface area contributed by atoms with Gasteiger partial charge < -0.3 is 9.88 Å². The summed E-state index contributed by atoms with van der Waals surface area (Å²) in [6, 6.07) is 8.18. The zero-order valence-electron chi connectivity index (χ0n) is 16.0. The van der Waals surface area contributed by atoms with Crippen LogP contribution in [0.4, 0.5) is 0 Å². The van der Waals surface area contributed by atoms with E-state index in [4.69, 9.17) is 0 Å². The van der Waals surface area contributed by atoms with Gasteiger partial charge in [0.1, 0.15) is 12.4 Å². The molecular formula is C20H29N5O. The van der Waals surface area contributed by atoms with E-state index in [-0.39, 0.29) is 11.9 Å². The first-order valence-corrected chi connectivity index (χ1v) is 9.46. The molecule has 2 aromatic rings. The summed E-state index contributed by atoms with van der Waals surface area (Å²) < 4.78 is 2.15. The molecule has 1 atom stereocenters. The van der Waals surface area contributed by atoms with Gasteiger partial charge in [0, 0.05) is 6.04 Å². The molecule has 0 saturated heterocycles. The Morgan fingerprint density at radius 3 is 2.69 bits per heavy atom. The molecule has 0 unspecified atom stereocenters. The lowest BCUT2D eigenvalue weighted by Crippen LogP contribution is -2.37. The van der Waals surface area contributed by atoms with E-state index < -0.39 is 0 Å². The Kier molecular flexibility index (Phi) is 6.04. The Morgan fingerprint density at radius 2 is 2.00 bits per heavy atom. The van der Waals surface area contributed by atoms with Crippen molar-refractivity contribution in [3.05, 3.63) is 47.5 Å². The van der Waals surface area contributed by atoms with Crippen molar-refractivity contribution in [1.29, 1.82) is 0 Å². The first kappa shape index (κ1) is 18.6. The molecule has 1 N–H and O–H groups in total. The van der Waals surface area contributed by atoms with Gasteiger partial charge in [0.25, 0.3) is 0 Å². The molecular weight excluding hydrogens is 326 g/mol. The fourth-order valence-electron chi connectivity index (χ4n) is 3.87. The maximum absolute atomic E-state index is 12.9. The fourth-order valence-corrected chi connectivity index (χ4v) is 3.87. The summed E-state index contributed by atoms with van der Waals surface area (Å²) in [5, 5.41) is 11.4. The van der Waals surface area contributed by atoms with Crippen molar-refractivity contribution in [3.8, 4) is 0 Å². The zero-order chi connectivity index (χ0) is 18.5. The number of likely N-dealkylation sites (N-methyl/N-ethyl adjacent to an activating group) is 1. The number of nitrogens with one attached hydrogen (secondary N) is 1. The first-order chi connectivity index (χ1) is 12.6. The fraction of sp³-hybridized carbons (Fsp3) is 0.550. The van der Waals surface area contributed by atoms with Crippen molar-refractivity contribution >= 4 is 5.91 Å². The van der Waals surface area contributed by atoms with E-state index in [2.05, 4.69) is 20.1 Å². The number of rotatable bonds is 6. The van der Waals surface area contributed by atoms with E-state index in [1.165, 1.54) is 32.1 Å². The highest BCUT2D eigenvalue weighted by molar-refractivity contribution is 5.83. The predicted octanol–water partition coefficient (Wildman–Crippen LogP) is 3.01. The molecule has 1 aromatic heterocycles. The Hall–Kier alpha value is -2.21. The molecule has 1 aliphatic rings. The molecule has 1 amide bonds. The molecule has 0 radical (unpaired) electrons. The van der Waals surface area contributed by atoms with Gasteiger partial charge in [-0.15, -0.1) is 10.2 Å². The van der Waals surface area contributed by atoms with Crippen molar-refractivity contribution in [2.24, 2.45) is 0 Å². The number of nitrogens with zero attached hydrogens (tertiary/aromatic N) is 4. The van der Waals surface area contributed by atoms with Gasteiger partial charge in [0.15, 0.2) is 5.82 Å². The van der Waals surface area contributed by atoms with Crippen LogP contribution in [-0.4, -0.2) is 39.7 Å². The maximum Gasteiger partial charge on any atom is 0.242 e. The van der Waals surface area contributed by atoms with Crippen LogP contribution in [0.15, 0.2) is 30.6 Å². The van der Waals surface area contributed by atoms with Gasteiger partial charge >= 0.3 is 0 Å². The van der Waals surface area contributed by atoms with Crippen LogP contribution < -0.4 is 5.32 Å². The van der Waals surface area contributed by atoms with Crippen LogP contribution in [0.1, 0.15) is 61.1 Å². The highest BCUT2D eigenvalue weighted by atomic mass is 16.2. The number of carbonyl (C=O) groups is 1. The lowest BCUT2D eigenvalue weighted by Gasteiger charge is -2.26. The minimum atomic E-state index is -0.317. The predicted molar refractivity (Wildman–Crippen MR) is 102 cm³/mol. The summed E-state index contributed by atoms with van der Waals surface area (Å²) in [6.45, 7) is 2.45. The van der Waals surface area contributed by atoms with E-state index >= 15 is 0 Å². The Bertz CT molecular complexity index is 733. The largest absolute Gasteiger partial charge is 0.347 e. The molecule has 0 spiro atoms. The molecule has 0 aliphatic heterocycles. The smallest absolute Gasteiger partial charge is 0.242 e. The topological polar surface area (TPSA) is 63.1 Å². The van der Waals surface area contributed by atoms with Crippen molar-refractivity contribution in [3.63, 3.8) is 0 Å². The van der Waals surface area contributed by atoms with Gasteiger partial charge in [0.2, 0.25) is 5.91 Å². The Balaban J connectivity index is 1.70. The van der Waals surface area contributed by atoms with Gasteiger partial charge in [-0.2, -0.15) is 0 Å². The number of amides is 1. The number of hydrogen-bond donors (Lipinski definition) is 1. The van der Waals surface area contributed by atoms with E-state index in [9.17, 15) is 4.79 Å². The summed E-state index contributed by atoms with van der Waals surface area (Å²) >= 11 is 0. The van der Waals surface area contributed by atoms with Gasteiger partial charge in [0.05, 0.1) is 6.54 Å². The Labute approximate surface area is 155 Å². The minimum absolute atomic E-state index is 0.0116. The van der Waals surface area contributed by atoms with Crippen molar-refractivity contribution in [2.45, 2.75) is 57.7 Å². The third-order valence-electron chi connectivity index (χ3n) is 5.28. The summed E-state index contributed by atoms with van der Waals surface area (Å²) in [5.74, 6) is 0.829. The number of carbonyl (C=O) groups excluding carboxylic acids is 1. The van der Waals surface area contributed by atoms with Crippen molar-refractivity contribution in [2.75, 3.05) is 14.1 Å². The average Bonchev–Trinajstić information content (AvgIpc) is 3.11. The normalized spacial score (nSPS) is 16.6. The van der Waals surface area contributed by atoms with Crippen molar-refractivity contribution in [1.82, 2.24) is 25.0 Å². The first-order valence-electron chi connectivity index (χ1n) is 9.46. The lowest BCUT2D eigenvalue weighted by molar-refractivity contribution is -0.126. The number of aromatic nitrogens is 3. The number of hydrogen-bond acceptors (Lipinski definition) is 4. The van der Waals surface area contributed by atoms with Gasteiger partial charge in [-0.1, -0.05) is 43.5 Å². The SMILES string of the molecule is Cc1ccccc1[C@H](C(=O)NCc1nncn1C1CCCCC1)N(C)C. The molecule has 6 nitrogen and oxygen atoms in total. The van der Waals surface area contributed by atoms with Crippen LogP contribution in [0.2, 0.25) is 0 Å². The highest BCUT2D eigenvalue weighted by Gasteiger charge is 2.25. The van der Waals surface area contributed by atoms with E-state index in [1.807, 2.05) is 56.5 Å². The second-order valence-corrected chi connectivity index (χ2v) is 7.39. The van der Waals surface area contributed by atoms with Crippen LogP contribution in [0.5, 0.6) is 0 Å². The van der Waals surface area contributed by atoms with Crippen LogP contribution in [-0.2, 0) is 11.3 Å². The van der Waals surface area contributed by atoms with E-state index in [0.717, 1.165) is 17.0 Å².